The number of rotatable bonds is 7. The Hall–Kier alpha value is -1.36. The van der Waals surface area contributed by atoms with Gasteiger partial charge in [0.05, 0.1) is 0 Å². The molecule has 1 atom stereocenters. The van der Waals surface area contributed by atoms with Crippen LogP contribution in [0, 0.1) is 0 Å². The van der Waals surface area contributed by atoms with Crippen LogP contribution in [-0.4, -0.2) is 36.6 Å². The van der Waals surface area contributed by atoms with Crippen LogP contribution < -0.4 is 0 Å². The van der Waals surface area contributed by atoms with Gasteiger partial charge >= 0.3 is 5.97 Å². The molecule has 29 heavy (non-hydrogen) atoms. The van der Waals surface area contributed by atoms with Crippen LogP contribution in [0.2, 0.25) is 5.02 Å². The van der Waals surface area contributed by atoms with Crippen LogP contribution in [0.1, 0.15) is 50.3 Å². The molecule has 0 fully saturated rings. The number of likely N-dealkylation sites (N-methyl/N-ethyl adjacent to an activating group) is 1. The maximum Gasteiger partial charge on any atom is 0.303 e. The van der Waals surface area contributed by atoms with E-state index in [0.717, 1.165) is 35.3 Å². The molecule has 2 aromatic rings. The molecule has 1 aliphatic rings. The number of carbonyl (C=O) groups is 1. The summed E-state index contributed by atoms with van der Waals surface area (Å²) < 4.78 is 6.60. The first-order valence-corrected chi connectivity index (χ1v) is 11.2. The number of ether oxygens (including phenoxy) is 1. The Kier molecular flexibility index (Phi) is 6.77. The molecule has 1 aliphatic carbocycles. The molecule has 2 aromatic carbocycles. The molecule has 0 radical (unpaired) electrons. The molecule has 3 nitrogen and oxygen atoms in total. The quantitative estimate of drug-likeness (QED) is 0.457. The predicted octanol–water partition coefficient (Wildman–Crippen LogP) is 6.00. The zero-order chi connectivity index (χ0) is 21.2. The Morgan fingerprint density at radius 1 is 1.24 bits per heavy atom. The van der Waals surface area contributed by atoms with Crippen molar-refractivity contribution in [1.82, 2.24) is 4.90 Å². The first-order valence-electron chi connectivity index (χ1n) is 10.0. The second-order valence-electron chi connectivity index (χ2n) is 8.73. The molecule has 0 aromatic heterocycles. The Morgan fingerprint density at radius 3 is 2.59 bits per heavy atom. The van der Waals surface area contributed by atoms with Gasteiger partial charge in [-0.25, -0.2) is 0 Å². The number of nitrogens with zero attached hydrogens (tertiary/aromatic N) is 1. The molecule has 0 saturated carbocycles. The minimum Gasteiger partial charge on any atom is -0.458 e. The van der Waals surface area contributed by atoms with Crippen molar-refractivity contribution < 1.29 is 9.53 Å². The summed E-state index contributed by atoms with van der Waals surface area (Å²) in [7, 11) is 2.10. The number of halogens is 2. The lowest BCUT2D eigenvalue weighted by Crippen LogP contribution is -2.41. The SMILES string of the molecule is CC(=O)OC(C)(C)CN(C)CC[C@]1(c2ccc(Cl)cc2)CCc2cc(Br)ccc21. The highest BCUT2D eigenvalue weighted by atomic mass is 79.9. The molecule has 156 valence electrons. The minimum absolute atomic E-state index is 0.0273. The van der Waals surface area contributed by atoms with Crippen molar-refractivity contribution in [2.24, 2.45) is 0 Å². The van der Waals surface area contributed by atoms with Gasteiger partial charge in [-0.15, -0.1) is 0 Å². The summed E-state index contributed by atoms with van der Waals surface area (Å²) in [4.78, 5) is 13.6. The third-order valence-electron chi connectivity index (χ3n) is 5.79. The molecular formula is C24H29BrClNO2. The van der Waals surface area contributed by atoms with Gasteiger partial charge in [0.2, 0.25) is 0 Å². The lowest BCUT2D eigenvalue weighted by molar-refractivity contribution is -0.155. The number of aryl methyl sites for hydroxylation is 1. The standard InChI is InChI=1S/C24H29BrClNO2/c1-17(28)29-23(2,3)16-27(4)14-13-24(19-5-8-21(26)9-6-19)12-11-18-15-20(25)7-10-22(18)24/h5-10,15H,11-14,16H2,1-4H3/t24-/m0/s1. The zero-order valence-electron chi connectivity index (χ0n) is 17.6. The van der Waals surface area contributed by atoms with Crippen molar-refractivity contribution in [2.75, 3.05) is 20.1 Å². The van der Waals surface area contributed by atoms with Gasteiger partial charge in [-0.3, -0.25) is 4.79 Å². The summed E-state index contributed by atoms with van der Waals surface area (Å²) >= 11 is 9.79. The van der Waals surface area contributed by atoms with Crippen LogP contribution in [0.15, 0.2) is 46.9 Å². The summed E-state index contributed by atoms with van der Waals surface area (Å²) in [6, 6.07) is 15.0. The lowest BCUT2D eigenvalue weighted by atomic mass is 9.73. The number of hydrogen-bond donors (Lipinski definition) is 0. The molecular weight excluding hydrogens is 450 g/mol. The summed E-state index contributed by atoms with van der Waals surface area (Å²) in [6.45, 7) is 6.98. The van der Waals surface area contributed by atoms with E-state index in [1.54, 1.807) is 0 Å². The molecule has 0 spiro atoms. The lowest BCUT2D eigenvalue weighted by Gasteiger charge is -2.35. The second-order valence-corrected chi connectivity index (χ2v) is 10.1. The fourth-order valence-electron chi connectivity index (χ4n) is 4.72. The normalized spacial score (nSPS) is 18.7. The number of benzene rings is 2. The Morgan fingerprint density at radius 2 is 1.93 bits per heavy atom. The maximum atomic E-state index is 11.4. The van der Waals surface area contributed by atoms with Crippen LogP contribution in [0.25, 0.3) is 0 Å². The number of fused-ring (bicyclic) bond motifs is 1. The third kappa shape index (κ3) is 5.22. The van der Waals surface area contributed by atoms with Crippen LogP contribution in [-0.2, 0) is 21.4 Å². The summed E-state index contributed by atoms with van der Waals surface area (Å²) in [6.07, 6.45) is 3.15. The largest absolute Gasteiger partial charge is 0.458 e. The van der Waals surface area contributed by atoms with Crippen molar-refractivity contribution in [2.45, 2.75) is 51.0 Å². The second kappa shape index (κ2) is 8.79. The Labute approximate surface area is 187 Å². The van der Waals surface area contributed by atoms with E-state index in [0.29, 0.717) is 6.54 Å². The predicted molar refractivity (Wildman–Crippen MR) is 123 cm³/mol. The molecule has 0 aliphatic heterocycles. The van der Waals surface area contributed by atoms with E-state index in [1.165, 1.54) is 23.6 Å². The summed E-state index contributed by atoms with van der Waals surface area (Å²) in [5.74, 6) is -0.240. The van der Waals surface area contributed by atoms with Gasteiger partial charge in [-0.2, -0.15) is 0 Å². The first-order chi connectivity index (χ1) is 13.6. The topological polar surface area (TPSA) is 29.5 Å². The molecule has 0 amide bonds. The zero-order valence-corrected chi connectivity index (χ0v) is 19.9. The number of hydrogen-bond acceptors (Lipinski definition) is 3. The van der Waals surface area contributed by atoms with E-state index >= 15 is 0 Å². The fourth-order valence-corrected chi connectivity index (χ4v) is 5.26. The van der Waals surface area contributed by atoms with E-state index in [2.05, 4.69) is 58.2 Å². The van der Waals surface area contributed by atoms with Gasteiger partial charge in [0.15, 0.2) is 0 Å². The van der Waals surface area contributed by atoms with Crippen LogP contribution in [0.4, 0.5) is 0 Å². The number of esters is 1. The minimum atomic E-state index is -0.507. The molecule has 0 bridgehead atoms. The van der Waals surface area contributed by atoms with E-state index in [1.807, 2.05) is 26.0 Å². The van der Waals surface area contributed by atoms with E-state index in [-0.39, 0.29) is 11.4 Å². The average Bonchev–Trinajstić information content (AvgIpc) is 2.98. The monoisotopic (exact) mass is 477 g/mol. The van der Waals surface area contributed by atoms with Gasteiger partial charge in [-0.1, -0.05) is 45.7 Å². The van der Waals surface area contributed by atoms with Crippen molar-refractivity contribution in [1.29, 1.82) is 0 Å². The summed E-state index contributed by atoms with van der Waals surface area (Å²) in [5, 5.41) is 0.762. The van der Waals surface area contributed by atoms with Crippen molar-refractivity contribution >= 4 is 33.5 Å². The highest BCUT2D eigenvalue weighted by Crippen LogP contribution is 2.47. The van der Waals surface area contributed by atoms with Gasteiger partial charge in [-0.05, 0) is 87.7 Å². The number of carbonyl (C=O) groups excluding carboxylic acids is 1. The molecule has 0 unspecified atom stereocenters. The molecule has 5 heteroatoms. The first kappa shape index (κ1) is 22.3. The smallest absolute Gasteiger partial charge is 0.303 e. The molecule has 3 rings (SSSR count). The molecule has 0 heterocycles. The Balaban J connectivity index is 1.85. The van der Waals surface area contributed by atoms with Gasteiger partial charge in [0.1, 0.15) is 5.60 Å². The van der Waals surface area contributed by atoms with Crippen molar-refractivity contribution in [3.05, 3.63) is 68.7 Å². The van der Waals surface area contributed by atoms with E-state index in [9.17, 15) is 4.79 Å². The third-order valence-corrected chi connectivity index (χ3v) is 6.54. The van der Waals surface area contributed by atoms with Crippen LogP contribution >= 0.6 is 27.5 Å². The van der Waals surface area contributed by atoms with Gasteiger partial charge in [0.25, 0.3) is 0 Å². The van der Waals surface area contributed by atoms with Crippen LogP contribution in [0.5, 0.6) is 0 Å². The summed E-state index contributed by atoms with van der Waals surface area (Å²) in [5.41, 5.74) is 3.61. The van der Waals surface area contributed by atoms with E-state index < -0.39 is 5.60 Å². The fraction of sp³-hybridized carbons (Fsp3) is 0.458. The molecule has 0 N–H and O–H groups in total. The van der Waals surface area contributed by atoms with Crippen LogP contribution in [0.3, 0.4) is 0 Å². The highest BCUT2D eigenvalue weighted by molar-refractivity contribution is 9.10. The van der Waals surface area contributed by atoms with Crippen molar-refractivity contribution in [3.63, 3.8) is 0 Å². The van der Waals surface area contributed by atoms with Gasteiger partial charge in [0, 0.05) is 28.4 Å². The van der Waals surface area contributed by atoms with Crippen molar-refractivity contribution in [3.8, 4) is 0 Å². The highest BCUT2D eigenvalue weighted by Gasteiger charge is 2.40. The van der Waals surface area contributed by atoms with E-state index in [4.69, 9.17) is 16.3 Å². The average molecular weight is 479 g/mol. The molecule has 0 saturated heterocycles. The maximum absolute atomic E-state index is 11.4. The van der Waals surface area contributed by atoms with Gasteiger partial charge < -0.3 is 9.64 Å². The Bertz CT molecular complexity index is 881.